The van der Waals surface area contributed by atoms with Gasteiger partial charge in [-0.05, 0) is 55.9 Å². The number of nitrogens with two attached hydrogens (primary N) is 1. The van der Waals surface area contributed by atoms with Gasteiger partial charge in [-0.15, -0.1) is 0 Å². The van der Waals surface area contributed by atoms with Gasteiger partial charge in [0.25, 0.3) is 0 Å². The maximum Gasteiger partial charge on any atom is 0.160 e. The lowest BCUT2D eigenvalue weighted by Crippen LogP contribution is -2.41. The predicted octanol–water partition coefficient (Wildman–Crippen LogP) is 5.34. The summed E-state index contributed by atoms with van der Waals surface area (Å²) in [5.74, 6) is -1.08. The molecule has 3 aliphatic rings. The average molecular weight is 505 g/mol. The first-order valence-corrected chi connectivity index (χ1v) is 13.2. The van der Waals surface area contributed by atoms with Crippen LogP contribution in [0.5, 0.6) is 0 Å². The van der Waals surface area contributed by atoms with Crippen LogP contribution in [0.25, 0.3) is 16.6 Å². The fourth-order valence-corrected chi connectivity index (χ4v) is 5.61. The molecule has 0 bridgehead atoms. The van der Waals surface area contributed by atoms with E-state index in [1.165, 1.54) is 12.1 Å². The summed E-state index contributed by atoms with van der Waals surface area (Å²) in [4.78, 5) is 9.46. The molecule has 1 unspecified atom stereocenters. The highest BCUT2D eigenvalue weighted by molar-refractivity contribution is 5.94. The molecule has 2 aliphatic heterocycles. The second kappa shape index (κ2) is 9.49. The highest BCUT2D eigenvalue weighted by Gasteiger charge is 2.25. The molecule has 2 fully saturated rings. The van der Waals surface area contributed by atoms with Gasteiger partial charge in [0.15, 0.2) is 11.6 Å². The zero-order valence-corrected chi connectivity index (χ0v) is 21.3. The van der Waals surface area contributed by atoms with Gasteiger partial charge in [0.05, 0.1) is 34.5 Å². The molecule has 0 amide bonds. The molecule has 3 N–H and O–H groups in total. The predicted molar refractivity (Wildman–Crippen MR) is 148 cm³/mol. The third-order valence-corrected chi connectivity index (χ3v) is 7.86. The van der Waals surface area contributed by atoms with Gasteiger partial charge in [-0.1, -0.05) is 6.58 Å². The Morgan fingerprint density at radius 3 is 2.73 bits per heavy atom. The zero-order chi connectivity index (χ0) is 25.7. The van der Waals surface area contributed by atoms with E-state index in [4.69, 9.17) is 10.7 Å². The van der Waals surface area contributed by atoms with Gasteiger partial charge in [-0.2, -0.15) is 0 Å². The van der Waals surface area contributed by atoms with E-state index in [1.807, 2.05) is 12.3 Å². The SMILES string of the molecule is C=C(c1cc(N=Cc2cc3cc(F)c(F)cc3n2CC2CC2)c2c(c1)NCCN2C)N1CCCC(N)C1. The van der Waals surface area contributed by atoms with Crippen molar-refractivity contribution in [1.29, 1.82) is 0 Å². The summed E-state index contributed by atoms with van der Waals surface area (Å²) in [6, 6.07) is 8.89. The number of nitrogens with zero attached hydrogens (tertiary/aromatic N) is 4. The molecule has 0 radical (unpaired) electrons. The molecular formula is C29H34F2N6. The molecule has 37 heavy (non-hydrogen) atoms. The van der Waals surface area contributed by atoms with Gasteiger partial charge >= 0.3 is 0 Å². The van der Waals surface area contributed by atoms with Crippen molar-refractivity contribution in [2.45, 2.75) is 38.3 Å². The lowest BCUT2D eigenvalue weighted by Gasteiger charge is -2.35. The normalized spacial score (nSPS) is 19.9. The Labute approximate surface area is 216 Å². The van der Waals surface area contributed by atoms with Gasteiger partial charge in [0.2, 0.25) is 0 Å². The lowest BCUT2D eigenvalue weighted by atomic mass is 10.0. The summed E-state index contributed by atoms with van der Waals surface area (Å²) >= 11 is 0. The minimum absolute atomic E-state index is 0.160. The molecular weight excluding hydrogens is 470 g/mol. The maximum absolute atomic E-state index is 14.1. The second-order valence-electron chi connectivity index (χ2n) is 10.7. The van der Waals surface area contributed by atoms with Crippen LogP contribution in [0.1, 0.15) is 36.9 Å². The number of hydrogen-bond acceptors (Lipinski definition) is 5. The Balaban J connectivity index is 1.41. The molecule has 1 aromatic heterocycles. The minimum Gasteiger partial charge on any atom is -0.382 e. The Bertz CT molecular complexity index is 1390. The van der Waals surface area contributed by atoms with Gasteiger partial charge in [0.1, 0.15) is 0 Å². The summed E-state index contributed by atoms with van der Waals surface area (Å²) in [5, 5.41) is 4.22. The number of benzene rings is 2. The van der Waals surface area contributed by atoms with Crippen LogP contribution in [-0.2, 0) is 6.54 Å². The topological polar surface area (TPSA) is 61.8 Å². The number of halogens is 2. The molecule has 1 aliphatic carbocycles. The second-order valence-corrected chi connectivity index (χ2v) is 10.7. The van der Waals surface area contributed by atoms with Crippen molar-refractivity contribution in [2.75, 3.05) is 43.4 Å². The van der Waals surface area contributed by atoms with E-state index in [9.17, 15) is 8.78 Å². The smallest absolute Gasteiger partial charge is 0.160 e. The van der Waals surface area contributed by atoms with E-state index in [0.717, 1.165) is 92.4 Å². The van der Waals surface area contributed by atoms with Crippen LogP contribution in [0.4, 0.5) is 25.8 Å². The molecule has 8 heteroatoms. The first-order chi connectivity index (χ1) is 17.9. The van der Waals surface area contributed by atoms with Gasteiger partial charge in [-0.3, -0.25) is 4.99 Å². The number of hydrogen-bond donors (Lipinski definition) is 2. The third-order valence-electron chi connectivity index (χ3n) is 7.86. The van der Waals surface area contributed by atoms with E-state index >= 15 is 0 Å². The van der Waals surface area contributed by atoms with E-state index in [2.05, 4.69) is 45.4 Å². The van der Waals surface area contributed by atoms with Crippen LogP contribution >= 0.6 is 0 Å². The molecule has 3 heterocycles. The fourth-order valence-electron chi connectivity index (χ4n) is 5.61. The number of aromatic nitrogens is 1. The van der Waals surface area contributed by atoms with Gasteiger partial charge in [0, 0.05) is 68.5 Å². The van der Waals surface area contributed by atoms with Crippen molar-refractivity contribution < 1.29 is 8.78 Å². The molecule has 6 nitrogen and oxygen atoms in total. The number of likely N-dealkylation sites (N-methyl/N-ethyl adjacent to an activating group) is 1. The monoisotopic (exact) mass is 504 g/mol. The van der Waals surface area contributed by atoms with Crippen molar-refractivity contribution in [1.82, 2.24) is 9.47 Å². The summed E-state index contributed by atoms with van der Waals surface area (Å²) in [7, 11) is 2.08. The van der Waals surface area contributed by atoms with E-state index in [-0.39, 0.29) is 6.04 Å². The molecule has 1 saturated heterocycles. The fraction of sp³-hybridized carbons (Fsp3) is 0.414. The quantitative estimate of drug-likeness (QED) is 0.445. The number of piperidine rings is 1. The summed E-state index contributed by atoms with van der Waals surface area (Å²) in [5.41, 5.74) is 12.7. The van der Waals surface area contributed by atoms with E-state index in [1.54, 1.807) is 0 Å². The van der Waals surface area contributed by atoms with Crippen LogP contribution in [0.3, 0.4) is 0 Å². The molecule has 1 atom stereocenters. The Hall–Kier alpha value is -3.39. The zero-order valence-electron chi connectivity index (χ0n) is 21.3. The van der Waals surface area contributed by atoms with E-state index in [0.29, 0.717) is 16.8 Å². The Morgan fingerprint density at radius 2 is 1.95 bits per heavy atom. The first-order valence-electron chi connectivity index (χ1n) is 13.2. The van der Waals surface area contributed by atoms with Crippen LogP contribution < -0.4 is 16.0 Å². The number of fused-ring (bicyclic) bond motifs is 2. The highest BCUT2D eigenvalue weighted by Crippen LogP contribution is 2.41. The summed E-state index contributed by atoms with van der Waals surface area (Å²) in [6.07, 6.45) is 6.25. The summed E-state index contributed by atoms with van der Waals surface area (Å²) in [6.45, 7) is 8.66. The van der Waals surface area contributed by atoms with Gasteiger partial charge < -0.3 is 25.4 Å². The molecule has 1 saturated carbocycles. The number of likely N-dealkylation sites (tertiary alicyclic amines) is 1. The summed E-state index contributed by atoms with van der Waals surface area (Å²) < 4.78 is 30.2. The van der Waals surface area contributed by atoms with Crippen molar-refractivity contribution in [2.24, 2.45) is 16.6 Å². The molecule has 2 aromatic carbocycles. The standard InChI is InChI=1S/C29H34F2N6/c1-18(36-8-3-4-22(32)17-36)20-12-26-29(35(2)9-7-33-26)27(13-20)34-15-23-10-21-11-24(30)25(31)14-28(21)37(23)16-19-5-6-19/h10-15,19,22,33H,1,3-9,16-17,32H2,2H3. The minimum atomic E-state index is -0.829. The van der Waals surface area contributed by atoms with Crippen LogP contribution in [-0.4, -0.2) is 55.0 Å². The van der Waals surface area contributed by atoms with Crippen molar-refractivity contribution in [3.05, 3.63) is 59.8 Å². The van der Waals surface area contributed by atoms with E-state index < -0.39 is 11.6 Å². The number of anilines is 2. The average Bonchev–Trinajstić information content (AvgIpc) is 3.65. The number of rotatable bonds is 6. The molecule has 0 spiro atoms. The van der Waals surface area contributed by atoms with Crippen LogP contribution in [0.15, 0.2) is 41.9 Å². The van der Waals surface area contributed by atoms with Gasteiger partial charge in [-0.25, -0.2) is 8.78 Å². The van der Waals surface area contributed by atoms with Crippen molar-refractivity contribution >= 4 is 39.9 Å². The Morgan fingerprint density at radius 1 is 1.14 bits per heavy atom. The lowest BCUT2D eigenvalue weighted by molar-refractivity contribution is 0.296. The number of aliphatic imine (C=N–C) groups is 1. The Kier molecular flexibility index (Phi) is 6.15. The largest absolute Gasteiger partial charge is 0.382 e. The van der Waals surface area contributed by atoms with Crippen molar-refractivity contribution in [3.63, 3.8) is 0 Å². The third kappa shape index (κ3) is 4.70. The highest BCUT2D eigenvalue weighted by atomic mass is 19.2. The first kappa shape index (κ1) is 24.0. The molecule has 6 rings (SSSR count). The van der Waals surface area contributed by atoms with Crippen molar-refractivity contribution in [3.8, 4) is 0 Å². The van der Waals surface area contributed by atoms with Crippen LogP contribution in [0.2, 0.25) is 0 Å². The molecule has 3 aromatic rings. The number of nitrogens with one attached hydrogen (secondary N) is 1. The van der Waals surface area contributed by atoms with Crippen LogP contribution in [0, 0.1) is 17.6 Å². The maximum atomic E-state index is 14.1. The molecule has 194 valence electrons.